The average Bonchev–Trinajstić information content (AvgIpc) is 2.58. The molecule has 98 valence electrons. The van der Waals surface area contributed by atoms with Crippen LogP contribution < -0.4 is 5.32 Å². The summed E-state index contributed by atoms with van der Waals surface area (Å²) in [6, 6.07) is -0.313. The van der Waals surface area contributed by atoms with Crippen molar-refractivity contribution < 1.29 is 9.90 Å². The minimum absolute atomic E-state index is 0.313. The fourth-order valence-corrected chi connectivity index (χ4v) is 3.09. The van der Waals surface area contributed by atoms with E-state index < -0.39 is 5.97 Å². The smallest absolute Gasteiger partial charge is 0.322 e. The van der Waals surface area contributed by atoms with E-state index in [2.05, 4.69) is 10.2 Å². The minimum Gasteiger partial charge on any atom is -0.480 e. The monoisotopic (exact) mass is 240 g/mol. The van der Waals surface area contributed by atoms with Crippen LogP contribution in [0.2, 0.25) is 0 Å². The SMILES string of the molecule is O=C(O)C1CNCCN1CC1CCCCCC1. The van der Waals surface area contributed by atoms with Gasteiger partial charge in [-0.1, -0.05) is 25.7 Å². The molecule has 1 heterocycles. The number of rotatable bonds is 3. The lowest BCUT2D eigenvalue weighted by molar-refractivity contribution is -0.144. The van der Waals surface area contributed by atoms with Gasteiger partial charge < -0.3 is 10.4 Å². The molecule has 1 unspecified atom stereocenters. The Hall–Kier alpha value is -0.610. The molecule has 4 heteroatoms. The van der Waals surface area contributed by atoms with Gasteiger partial charge in [0.2, 0.25) is 0 Å². The van der Waals surface area contributed by atoms with E-state index in [0.29, 0.717) is 6.54 Å². The Morgan fingerprint density at radius 3 is 2.59 bits per heavy atom. The quantitative estimate of drug-likeness (QED) is 0.730. The number of aliphatic carboxylic acids is 1. The zero-order chi connectivity index (χ0) is 12.1. The van der Waals surface area contributed by atoms with Crippen LogP contribution in [0.5, 0.6) is 0 Å². The van der Waals surface area contributed by atoms with Crippen molar-refractivity contribution in [2.45, 2.75) is 44.6 Å². The highest BCUT2D eigenvalue weighted by Gasteiger charge is 2.29. The van der Waals surface area contributed by atoms with E-state index in [4.69, 9.17) is 0 Å². The Bertz CT molecular complexity index is 250. The highest BCUT2D eigenvalue weighted by atomic mass is 16.4. The second kappa shape index (κ2) is 6.36. The van der Waals surface area contributed by atoms with Gasteiger partial charge >= 0.3 is 5.97 Å². The average molecular weight is 240 g/mol. The fourth-order valence-electron chi connectivity index (χ4n) is 3.09. The topological polar surface area (TPSA) is 52.6 Å². The van der Waals surface area contributed by atoms with Gasteiger partial charge in [-0.2, -0.15) is 0 Å². The van der Waals surface area contributed by atoms with Crippen LogP contribution in [0.3, 0.4) is 0 Å². The first-order valence-corrected chi connectivity index (χ1v) is 6.95. The third-order valence-corrected chi connectivity index (χ3v) is 4.11. The normalized spacial score (nSPS) is 28.8. The molecular weight excluding hydrogens is 216 g/mol. The third kappa shape index (κ3) is 3.68. The van der Waals surface area contributed by atoms with Gasteiger partial charge in [0, 0.05) is 26.2 Å². The number of carbonyl (C=O) groups is 1. The van der Waals surface area contributed by atoms with E-state index in [1.165, 1.54) is 38.5 Å². The number of carboxylic acids is 1. The summed E-state index contributed by atoms with van der Waals surface area (Å²) < 4.78 is 0. The molecule has 0 amide bonds. The minimum atomic E-state index is -0.675. The van der Waals surface area contributed by atoms with Gasteiger partial charge in [-0.25, -0.2) is 0 Å². The summed E-state index contributed by atoms with van der Waals surface area (Å²) in [5.74, 6) is 0.0447. The number of piperazine rings is 1. The van der Waals surface area contributed by atoms with Gasteiger partial charge in [0.15, 0.2) is 0 Å². The summed E-state index contributed by atoms with van der Waals surface area (Å²) >= 11 is 0. The summed E-state index contributed by atoms with van der Waals surface area (Å²) in [5, 5.41) is 12.4. The highest BCUT2D eigenvalue weighted by molar-refractivity contribution is 5.73. The van der Waals surface area contributed by atoms with Gasteiger partial charge in [-0.05, 0) is 18.8 Å². The summed E-state index contributed by atoms with van der Waals surface area (Å²) in [5.41, 5.74) is 0. The van der Waals surface area contributed by atoms with Crippen LogP contribution in [-0.4, -0.2) is 48.2 Å². The van der Waals surface area contributed by atoms with Crippen LogP contribution in [-0.2, 0) is 4.79 Å². The van der Waals surface area contributed by atoms with Crippen LogP contribution >= 0.6 is 0 Å². The molecule has 0 aromatic rings. The number of hydrogen-bond acceptors (Lipinski definition) is 3. The Labute approximate surface area is 103 Å². The van der Waals surface area contributed by atoms with Crippen molar-refractivity contribution in [2.24, 2.45) is 5.92 Å². The van der Waals surface area contributed by atoms with Crippen LogP contribution in [0.1, 0.15) is 38.5 Å². The number of carboxylic acid groups (broad SMARTS) is 1. The van der Waals surface area contributed by atoms with E-state index in [9.17, 15) is 9.90 Å². The fraction of sp³-hybridized carbons (Fsp3) is 0.923. The van der Waals surface area contributed by atoms with E-state index in [-0.39, 0.29) is 6.04 Å². The van der Waals surface area contributed by atoms with Gasteiger partial charge in [-0.3, -0.25) is 9.69 Å². The number of hydrogen-bond donors (Lipinski definition) is 2. The van der Waals surface area contributed by atoms with Crippen LogP contribution in [0.15, 0.2) is 0 Å². The molecule has 2 fully saturated rings. The van der Waals surface area contributed by atoms with Crippen molar-refractivity contribution in [3.05, 3.63) is 0 Å². The van der Waals surface area contributed by atoms with Gasteiger partial charge in [0.1, 0.15) is 6.04 Å². The summed E-state index contributed by atoms with van der Waals surface area (Å²) in [7, 11) is 0. The maximum Gasteiger partial charge on any atom is 0.322 e. The molecule has 0 aromatic carbocycles. The largest absolute Gasteiger partial charge is 0.480 e. The van der Waals surface area contributed by atoms with Crippen molar-refractivity contribution in [1.82, 2.24) is 10.2 Å². The zero-order valence-electron chi connectivity index (χ0n) is 10.5. The molecule has 2 N–H and O–H groups in total. The highest BCUT2D eigenvalue weighted by Crippen LogP contribution is 2.24. The van der Waals surface area contributed by atoms with E-state index in [1.54, 1.807) is 0 Å². The Morgan fingerprint density at radius 1 is 1.24 bits per heavy atom. The third-order valence-electron chi connectivity index (χ3n) is 4.11. The summed E-state index contributed by atoms with van der Waals surface area (Å²) in [4.78, 5) is 13.4. The molecule has 1 saturated carbocycles. The summed E-state index contributed by atoms with van der Waals surface area (Å²) in [6.45, 7) is 3.39. The molecule has 2 rings (SSSR count). The van der Waals surface area contributed by atoms with Gasteiger partial charge in [-0.15, -0.1) is 0 Å². The Kier molecular flexibility index (Phi) is 4.80. The van der Waals surface area contributed by atoms with Crippen molar-refractivity contribution in [2.75, 3.05) is 26.2 Å². The van der Waals surface area contributed by atoms with Crippen molar-refractivity contribution in [3.63, 3.8) is 0 Å². The van der Waals surface area contributed by atoms with Crippen LogP contribution in [0.4, 0.5) is 0 Å². The van der Waals surface area contributed by atoms with Crippen molar-refractivity contribution in [3.8, 4) is 0 Å². The van der Waals surface area contributed by atoms with Gasteiger partial charge in [0.05, 0.1) is 0 Å². The molecule has 0 bridgehead atoms. The Morgan fingerprint density at radius 2 is 1.94 bits per heavy atom. The molecule has 0 spiro atoms. The van der Waals surface area contributed by atoms with Gasteiger partial charge in [0.25, 0.3) is 0 Å². The lowest BCUT2D eigenvalue weighted by atomic mass is 9.98. The van der Waals surface area contributed by atoms with E-state index >= 15 is 0 Å². The molecule has 0 aromatic heterocycles. The molecule has 4 nitrogen and oxygen atoms in total. The molecule has 1 aliphatic heterocycles. The molecule has 17 heavy (non-hydrogen) atoms. The predicted octanol–water partition coefficient (Wildman–Crippen LogP) is 1.32. The molecule has 1 atom stereocenters. The lowest BCUT2D eigenvalue weighted by Crippen LogP contribution is -2.55. The first kappa shape index (κ1) is 12.8. The lowest BCUT2D eigenvalue weighted by Gasteiger charge is -2.35. The standard InChI is InChI=1S/C13H24N2O2/c16-13(17)12-9-14-7-8-15(12)10-11-5-3-1-2-4-6-11/h11-12,14H,1-10H2,(H,16,17). The zero-order valence-corrected chi connectivity index (χ0v) is 10.5. The van der Waals surface area contributed by atoms with Crippen LogP contribution in [0, 0.1) is 5.92 Å². The number of nitrogens with zero attached hydrogens (tertiary/aromatic N) is 1. The molecule has 2 aliphatic rings. The van der Waals surface area contributed by atoms with Crippen LogP contribution in [0.25, 0.3) is 0 Å². The second-order valence-corrected chi connectivity index (χ2v) is 5.41. The molecule has 1 saturated heterocycles. The van der Waals surface area contributed by atoms with E-state index in [1.807, 2.05) is 0 Å². The van der Waals surface area contributed by atoms with E-state index in [0.717, 1.165) is 25.6 Å². The second-order valence-electron chi connectivity index (χ2n) is 5.41. The first-order valence-electron chi connectivity index (χ1n) is 6.95. The first-order chi connectivity index (χ1) is 8.27. The molecule has 0 radical (unpaired) electrons. The number of nitrogens with one attached hydrogen (secondary N) is 1. The van der Waals surface area contributed by atoms with Crippen molar-refractivity contribution >= 4 is 5.97 Å². The Balaban J connectivity index is 1.88. The van der Waals surface area contributed by atoms with Crippen molar-refractivity contribution in [1.29, 1.82) is 0 Å². The molecular formula is C13H24N2O2. The maximum atomic E-state index is 11.2. The maximum absolute atomic E-state index is 11.2. The predicted molar refractivity (Wildman–Crippen MR) is 67.1 cm³/mol. The molecule has 1 aliphatic carbocycles. The summed E-state index contributed by atoms with van der Waals surface area (Å²) in [6.07, 6.45) is 7.95.